The second-order valence-corrected chi connectivity index (χ2v) is 4.76. The van der Waals surface area contributed by atoms with Crippen molar-refractivity contribution < 1.29 is 4.74 Å². The van der Waals surface area contributed by atoms with Crippen LogP contribution in [0.3, 0.4) is 0 Å². The second-order valence-electron chi connectivity index (χ2n) is 4.42. The highest BCUT2D eigenvalue weighted by Crippen LogP contribution is 2.09. The van der Waals surface area contributed by atoms with E-state index in [4.69, 9.17) is 16.3 Å². The first-order chi connectivity index (χ1) is 10.2. The van der Waals surface area contributed by atoms with Gasteiger partial charge in [0.25, 0.3) is 0 Å². The quantitative estimate of drug-likeness (QED) is 0.768. The Morgan fingerprint density at radius 2 is 2.19 bits per heavy atom. The smallest absolute Gasteiger partial charge is 0.241 e. The minimum atomic E-state index is 0.143. The van der Waals surface area contributed by atoms with E-state index in [9.17, 15) is 0 Å². The van der Waals surface area contributed by atoms with Crippen LogP contribution in [0.1, 0.15) is 0 Å². The van der Waals surface area contributed by atoms with Crippen molar-refractivity contribution in [3.63, 3.8) is 0 Å². The van der Waals surface area contributed by atoms with Gasteiger partial charge in [-0.05, 0) is 18.6 Å². The number of aromatic nitrogens is 5. The number of imidazole rings is 1. The van der Waals surface area contributed by atoms with Crippen molar-refractivity contribution in [3.05, 3.63) is 24.0 Å². The van der Waals surface area contributed by atoms with E-state index >= 15 is 0 Å². The molecule has 2 aromatic heterocycles. The first kappa shape index (κ1) is 15.6. The standard InChI is InChI=1S/C12H18ClN7O/c1-19(7-8-21-2)5-4-15-11-16-10(13)17-12(18-11)20-6-3-14-9-20/h3,6,9H,4-5,7-8H2,1-2H3,(H,15,16,17,18). The van der Waals surface area contributed by atoms with Gasteiger partial charge in [0.15, 0.2) is 0 Å². The van der Waals surface area contributed by atoms with Gasteiger partial charge in [-0.3, -0.25) is 4.57 Å². The van der Waals surface area contributed by atoms with Gasteiger partial charge in [0, 0.05) is 39.1 Å². The molecule has 0 aliphatic rings. The predicted octanol–water partition coefficient (Wildman–Crippen LogP) is 0.701. The van der Waals surface area contributed by atoms with E-state index in [1.807, 2.05) is 7.05 Å². The summed E-state index contributed by atoms with van der Waals surface area (Å²) in [5.41, 5.74) is 0. The molecule has 2 rings (SSSR count). The molecule has 0 unspecified atom stereocenters. The van der Waals surface area contributed by atoms with E-state index in [0.29, 0.717) is 25.0 Å². The summed E-state index contributed by atoms with van der Waals surface area (Å²) in [6.07, 6.45) is 5.00. The van der Waals surface area contributed by atoms with Crippen LogP contribution in [0.4, 0.5) is 5.95 Å². The number of nitrogens with zero attached hydrogens (tertiary/aromatic N) is 6. The number of likely N-dealkylation sites (N-methyl/N-ethyl adjacent to an activating group) is 1. The summed E-state index contributed by atoms with van der Waals surface area (Å²) in [6.45, 7) is 3.12. The molecule has 0 aromatic carbocycles. The van der Waals surface area contributed by atoms with Crippen LogP contribution in [0.15, 0.2) is 18.7 Å². The van der Waals surface area contributed by atoms with Gasteiger partial charge in [-0.2, -0.15) is 15.0 Å². The van der Waals surface area contributed by atoms with Gasteiger partial charge in [0.2, 0.25) is 17.2 Å². The molecule has 9 heteroatoms. The fourth-order valence-electron chi connectivity index (χ4n) is 1.63. The van der Waals surface area contributed by atoms with Crippen molar-refractivity contribution in [2.24, 2.45) is 0 Å². The molecule has 0 spiro atoms. The van der Waals surface area contributed by atoms with Gasteiger partial charge < -0.3 is 15.0 Å². The molecule has 0 atom stereocenters. The first-order valence-corrected chi connectivity index (χ1v) is 6.88. The zero-order valence-corrected chi connectivity index (χ0v) is 12.8. The Labute approximate surface area is 128 Å². The third-order valence-electron chi connectivity index (χ3n) is 2.79. The number of anilines is 1. The summed E-state index contributed by atoms with van der Waals surface area (Å²) in [5.74, 6) is 0.876. The van der Waals surface area contributed by atoms with Crippen molar-refractivity contribution >= 4 is 17.5 Å². The van der Waals surface area contributed by atoms with Crippen LogP contribution < -0.4 is 5.32 Å². The highest BCUT2D eigenvalue weighted by molar-refractivity contribution is 6.28. The fourth-order valence-corrected chi connectivity index (χ4v) is 1.78. The van der Waals surface area contributed by atoms with Crippen LogP contribution >= 0.6 is 11.6 Å². The van der Waals surface area contributed by atoms with E-state index < -0.39 is 0 Å². The van der Waals surface area contributed by atoms with E-state index in [2.05, 4.69) is 30.2 Å². The molecular formula is C12H18ClN7O. The molecule has 114 valence electrons. The summed E-state index contributed by atoms with van der Waals surface area (Å²) >= 11 is 5.91. The summed E-state index contributed by atoms with van der Waals surface area (Å²) in [4.78, 5) is 18.5. The SMILES string of the molecule is COCCN(C)CCNc1nc(Cl)nc(-n2ccnc2)n1. The van der Waals surface area contributed by atoms with Crippen LogP contribution in [0, 0.1) is 0 Å². The highest BCUT2D eigenvalue weighted by atomic mass is 35.5. The Hall–Kier alpha value is -1.77. The van der Waals surface area contributed by atoms with Crippen molar-refractivity contribution in [1.29, 1.82) is 0 Å². The number of nitrogens with one attached hydrogen (secondary N) is 1. The lowest BCUT2D eigenvalue weighted by Crippen LogP contribution is -2.28. The average Bonchev–Trinajstić information content (AvgIpc) is 2.99. The number of halogens is 1. The molecule has 0 radical (unpaired) electrons. The Balaban J connectivity index is 1.91. The molecular weight excluding hydrogens is 294 g/mol. The molecule has 0 fully saturated rings. The molecule has 1 N–H and O–H groups in total. The molecule has 0 aliphatic heterocycles. The van der Waals surface area contributed by atoms with E-state index in [-0.39, 0.29) is 5.28 Å². The third-order valence-corrected chi connectivity index (χ3v) is 2.95. The topological polar surface area (TPSA) is 81.0 Å². The van der Waals surface area contributed by atoms with Crippen LogP contribution in [0.2, 0.25) is 5.28 Å². The number of hydrogen-bond donors (Lipinski definition) is 1. The van der Waals surface area contributed by atoms with Crippen molar-refractivity contribution in [2.75, 3.05) is 45.7 Å². The van der Waals surface area contributed by atoms with E-state index in [1.54, 1.807) is 30.4 Å². The molecule has 0 aliphatic carbocycles. The first-order valence-electron chi connectivity index (χ1n) is 6.50. The van der Waals surface area contributed by atoms with Gasteiger partial charge in [-0.1, -0.05) is 0 Å². The maximum atomic E-state index is 5.91. The van der Waals surface area contributed by atoms with Gasteiger partial charge in [0.1, 0.15) is 6.33 Å². The second kappa shape index (κ2) is 7.87. The zero-order chi connectivity index (χ0) is 15.1. The maximum absolute atomic E-state index is 5.91. The summed E-state index contributed by atoms with van der Waals surface area (Å²) in [6, 6.07) is 0. The number of ether oxygens (including phenoxy) is 1. The Morgan fingerprint density at radius 3 is 2.90 bits per heavy atom. The Bertz CT molecular complexity index is 549. The molecule has 21 heavy (non-hydrogen) atoms. The molecule has 2 aromatic rings. The van der Waals surface area contributed by atoms with Gasteiger partial charge in [-0.25, -0.2) is 4.98 Å². The number of methoxy groups -OCH3 is 1. The van der Waals surface area contributed by atoms with Crippen molar-refractivity contribution in [1.82, 2.24) is 29.4 Å². The zero-order valence-electron chi connectivity index (χ0n) is 12.0. The minimum absolute atomic E-state index is 0.143. The molecule has 0 saturated heterocycles. The minimum Gasteiger partial charge on any atom is -0.383 e. The van der Waals surface area contributed by atoms with Crippen LogP contribution in [-0.4, -0.2) is 69.8 Å². The Kier molecular flexibility index (Phi) is 5.85. The van der Waals surface area contributed by atoms with Crippen LogP contribution in [0.5, 0.6) is 0 Å². The lowest BCUT2D eigenvalue weighted by Gasteiger charge is -2.16. The van der Waals surface area contributed by atoms with Gasteiger partial charge in [-0.15, -0.1) is 0 Å². The summed E-state index contributed by atoms with van der Waals surface area (Å²) < 4.78 is 6.70. The van der Waals surface area contributed by atoms with Crippen LogP contribution in [0.25, 0.3) is 5.95 Å². The highest BCUT2D eigenvalue weighted by Gasteiger charge is 2.06. The molecule has 0 saturated carbocycles. The lowest BCUT2D eigenvalue weighted by atomic mass is 10.5. The summed E-state index contributed by atoms with van der Waals surface area (Å²) in [5, 5.41) is 3.27. The average molecular weight is 312 g/mol. The fraction of sp³-hybridized carbons (Fsp3) is 0.500. The lowest BCUT2D eigenvalue weighted by molar-refractivity contribution is 0.163. The number of hydrogen-bond acceptors (Lipinski definition) is 7. The molecule has 0 amide bonds. The Morgan fingerprint density at radius 1 is 1.33 bits per heavy atom. The summed E-state index contributed by atoms with van der Waals surface area (Å²) in [7, 11) is 3.72. The van der Waals surface area contributed by atoms with Crippen molar-refractivity contribution in [2.45, 2.75) is 0 Å². The van der Waals surface area contributed by atoms with E-state index in [0.717, 1.165) is 13.1 Å². The molecule has 2 heterocycles. The molecule has 8 nitrogen and oxygen atoms in total. The monoisotopic (exact) mass is 311 g/mol. The third kappa shape index (κ3) is 4.92. The normalized spacial score (nSPS) is 11.0. The predicted molar refractivity (Wildman–Crippen MR) is 79.8 cm³/mol. The largest absolute Gasteiger partial charge is 0.383 e. The van der Waals surface area contributed by atoms with Gasteiger partial charge >= 0.3 is 0 Å². The van der Waals surface area contributed by atoms with Gasteiger partial charge in [0.05, 0.1) is 6.61 Å². The number of rotatable bonds is 8. The van der Waals surface area contributed by atoms with Crippen LogP contribution in [-0.2, 0) is 4.74 Å². The molecule has 0 bridgehead atoms. The van der Waals surface area contributed by atoms with Crippen molar-refractivity contribution in [3.8, 4) is 5.95 Å². The van der Waals surface area contributed by atoms with E-state index in [1.165, 1.54) is 0 Å². The maximum Gasteiger partial charge on any atom is 0.241 e.